The number of rotatable bonds is 4. The summed E-state index contributed by atoms with van der Waals surface area (Å²) in [5.74, 6) is -0.411. The molecule has 4 nitrogen and oxygen atoms in total. The van der Waals surface area contributed by atoms with Crippen LogP contribution in [-0.4, -0.2) is 25.0 Å². The molecular formula is C22H23NO3. The Kier molecular flexibility index (Phi) is 4.49. The van der Waals surface area contributed by atoms with E-state index in [-0.39, 0.29) is 18.5 Å². The van der Waals surface area contributed by atoms with Crippen LogP contribution in [0.1, 0.15) is 36.8 Å². The Labute approximate surface area is 153 Å². The minimum atomic E-state index is -0.593. The predicted molar refractivity (Wildman–Crippen MR) is 100 cm³/mol. The molecule has 0 bridgehead atoms. The van der Waals surface area contributed by atoms with Crippen molar-refractivity contribution >= 4 is 17.6 Å². The van der Waals surface area contributed by atoms with Crippen LogP contribution in [0.2, 0.25) is 0 Å². The summed E-state index contributed by atoms with van der Waals surface area (Å²) in [5.41, 5.74) is 2.52. The second-order valence-electron chi connectivity index (χ2n) is 7.16. The number of hydrogen-bond donors (Lipinski definition) is 0. The van der Waals surface area contributed by atoms with E-state index in [0.29, 0.717) is 6.54 Å². The first-order chi connectivity index (χ1) is 12.7. The number of ether oxygens (including phenoxy) is 1. The summed E-state index contributed by atoms with van der Waals surface area (Å²) in [5, 5.41) is 0. The molecule has 0 N–H and O–H groups in total. The van der Waals surface area contributed by atoms with E-state index < -0.39 is 5.41 Å². The lowest BCUT2D eigenvalue weighted by Gasteiger charge is -2.27. The number of para-hydroxylation sites is 1. The summed E-state index contributed by atoms with van der Waals surface area (Å²) in [7, 11) is 0. The van der Waals surface area contributed by atoms with Crippen molar-refractivity contribution in [1.29, 1.82) is 0 Å². The van der Waals surface area contributed by atoms with Crippen molar-refractivity contribution in [2.45, 2.75) is 37.5 Å². The second-order valence-corrected chi connectivity index (χ2v) is 7.16. The molecule has 1 aliphatic heterocycles. The van der Waals surface area contributed by atoms with Gasteiger partial charge in [0.2, 0.25) is 0 Å². The molecule has 1 heterocycles. The number of hydrogen-bond acceptors (Lipinski definition) is 3. The van der Waals surface area contributed by atoms with Crippen molar-refractivity contribution in [3.63, 3.8) is 0 Å². The minimum Gasteiger partial charge on any atom is -0.455 e. The molecule has 0 saturated heterocycles. The highest BCUT2D eigenvalue weighted by Gasteiger charge is 2.44. The predicted octanol–water partition coefficient (Wildman–Crippen LogP) is 3.63. The number of carbonyl (C=O) groups excluding carboxylic acids is 2. The number of carbonyl (C=O) groups is 2. The van der Waals surface area contributed by atoms with Gasteiger partial charge in [-0.05, 0) is 36.5 Å². The van der Waals surface area contributed by atoms with Gasteiger partial charge in [0.1, 0.15) is 0 Å². The number of benzene rings is 2. The fourth-order valence-corrected chi connectivity index (χ4v) is 4.29. The molecule has 134 valence electrons. The molecule has 4 heteroatoms. The third-order valence-electron chi connectivity index (χ3n) is 5.69. The summed E-state index contributed by atoms with van der Waals surface area (Å²) >= 11 is 0. The SMILES string of the molecule is O=C(COC(=O)C1(c2ccccc2)CCCC1)N1CCc2ccccc21. The number of fused-ring (bicyclic) bond motifs is 1. The molecule has 0 aromatic heterocycles. The highest BCUT2D eigenvalue weighted by Crippen LogP contribution is 2.42. The van der Waals surface area contributed by atoms with Gasteiger partial charge in [0.25, 0.3) is 5.91 Å². The van der Waals surface area contributed by atoms with Gasteiger partial charge in [0.05, 0.1) is 5.41 Å². The minimum absolute atomic E-state index is 0.149. The van der Waals surface area contributed by atoms with Crippen LogP contribution in [0.5, 0.6) is 0 Å². The first-order valence-electron chi connectivity index (χ1n) is 9.32. The Morgan fingerprint density at radius 1 is 0.962 bits per heavy atom. The summed E-state index contributed by atoms with van der Waals surface area (Å²) in [6.45, 7) is 0.460. The Morgan fingerprint density at radius 2 is 1.65 bits per heavy atom. The van der Waals surface area contributed by atoms with Crippen LogP contribution < -0.4 is 4.90 Å². The zero-order valence-corrected chi connectivity index (χ0v) is 14.8. The van der Waals surface area contributed by atoms with Crippen molar-refractivity contribution in [2.24, 2.45) is 0 Å². The van der Waals surface area contributed by atoms with Gasteiger partial charge in [-0.25, -0.2) is 0 Å². The molecule has 0 atom stereocenters. The average Bonchev–Trinajstić information content (AvgIpc) is 3.34. The molecule has 2 aromatic carbocycles. The first-order valence-corrected chi connectivity index (χ1v) is 9.32. The molecule has 0 unspecified atom stereocenters. The van der Waals surface area contributed by atoms with Crippen molar-refractivity contribution in [1.82, 2.24) is 0 Å². The Bertz CT molecular complexity index is 809. The van der Waals surface area contributed by atoms with Gasteiger partial charge >= 0.3 is 5.97 Å². The number of anilines is 1. The maximum absolute atomic E-state index is 12.9. The van der Waals surface area contributed by atoms with Gasteiger partial charge in [-0.2, -0.15) is 0 Å². The zero-order valence-electron chi connectivity index (χ0n) is 14.8. The second kappa shape index (κ2) is 6.94. The molecule has 2 aliphatic rings. The van der Waals surface area contributed by atoms with Gasteiger partial charge in [0, 0.05) is 12.2 Å². The van der Waals surface area contributed by atoms with Crippen LogP contribution in [0.4, 0.5) is 5.69 Å². The highest BCUT2D eigenvalue weighted by atomic mass is 16.5. The van der Waals surface area contributed by atoms with Crippen molar-refractivity contribution in [2.75, 3.05) is 18.1 Å². The summed E-state index contributed by atoms with van der Waals surface area (Å²) in [4.78, 5) is 27.3. The van der Waals surface area contributed by atoms with Crippen molar-refractivity contribution in [3.05, 3.63) is 65.7 Å². The molecule has 26 heavy (non-hydrogen) atoms. The monoisotopic (exact) mass is 349 g/mol. The summed E-state index contributed by atoms with van der Waals surface area (Å²) in [6, 6.07) is 17.7. The normalized spacial score (nSPS) is 17.8. The van der Waals surface area contributed by atoms with Crippen LogP contribution in [0, 0.1) is 0 Å². The molecule has 1 amide bonds. The Morgan fingerprint density at radius 3 is 2.42 bits per heavy atom. The van der Waals surface area contributed by atoms with Gasteiger partial charge in [-0.15, -0.1) is 0 Å². The number of esters is 1. The molecular weight excluding hydrogens is 326 g/mol. The molecule has 2 aromatic rings. The average molecular weight is 349 g/mol. The third kappa shape index (κ3) is 2.90. The van der Waals surface area contributed by atoms with Crippen LogP contribution in [0.3, 0.4) is 0 Å². The molecule has 4 rings (SSSR count). The third-order valence-corrected chi connectivity index (χ3v) is 5.69. The Balaban J connectivity index is 1.46. The van der Waals surface area contributed by atoms with Crippen LogP contribution in [0.15, 0.2) is 54.6 Å². The van der Waals surface area contributed by atoms with E-state index in [9.17, 15) is 9.59 Å². The number of amides is 1. The molecule has 0 radical (unpaired) electrons. The van der Waals surface area contributed by atoms with E-state index in [1.807, 2.05) is 54.6 Å². The van der Waals surface area contributed by atoms with E-state index in [1.165, 1.54) is 5.56 Å². The van der Waals surface area contributed by atoms with E-state index in [2.05, 4.69) is 0 Å². The fourth-order valence-electron chi connectivity index (χ4n) is 4.29. The molecule has 1 aliphatic carbocycles. The standard InChI is InChI=1S/C22H23NO3/c24-20(23-15-12-17-8-4-5-11-19(17)23)16-26-21(25)22(13-6-7-14-22)18-9-2-1-3-10-18/h1-5,8-11H,6-7,12-16H2. The quantitative estimate of drug-likeness (QED) is 0.792. The van der Waals surface area contributed by atoms with Crippen LogP contribution in [0.25, 0.3) is 0 Å². The smallest absolute Gasteiger partial charge is 0.317 e. The van der Waals surface area contributed by atoms with E-state index >= 15 is 0 Å². The largest absolute Gasteiger partial charge is 0.455 e. The maximum atomic E-state index is 12.9. The summed E-state index contributed by atoms with van der Waals surface area (Å²) < 4.78 is 5.54. The molecule has 0 spiro atoms. The van der Waals surface area contributed by atoms with Gasteiger partial charge in [-0.3, -0.25) is 9.59 Å². The highest BCUT2D eigenvalue weighted by molar-refractivity contribution is 5.97. The van der Waals surface area contributed by atoms with E-state index in [0.717, 1.165) is 43.4 Å². The zero-order chi connectivity index (χ0) is 18.0. The van der Waals surface area contributed by atoms with Gasteiger partial charge < -0.3 is 9.64 Å². The molecule has 1 saturated carbocycles. The lowest BCUT2D eigenvalue weighted by atomic mass is 9.79. The van der Waals surface area contributed by atoms with Crippen molar-refractivity contribution < 1.29 is 14.3 Å². The van der Waals surface area contributed by atoms with Gasteiger partial charge in [-0.1, -0.05) is 61.4 Å². The van der Waals surface area contributed by atoms with Crippen LogP contribution in [-0.2, 0) is 26.2 Å². The van der Waals surface area contributed by atoms with Gasteiger partial charge in [0.15, 0.2) is 6.61 Å². The van der Waals surface area contributed by atoms with E-state index in [1.54, 1.807) is 4.90 Å². The lowest BCUT2D eigenvalue weighted by Crippen LogP contribution is -2.39. The summed E-state index contributed by atoms with van der Waals surface area (Å²) in [6.07, 6.45) is 4.45. The first kappa shape index (κ1) is 16.8. The number of nitrogens with zero attached hydrogens (tertiary/aromatic N) is 1. The van der Waals surface area contributed by atoms with E-state index in [4.69, 9.17) is 4.74 Å². The Hall–Kier alpha value is -2.62. The van der Waals surface area contributed by atoms with Crippen molar-refractivity contribution in [3.8, 4) is 0 Å². The fraction of sp³-hybridized carbons (Fsp3) is 0.364. The lowest BCUT2D eigenvalue weighted by molar-refractivity contribution is -0.153. The maximum Gasteiger partial charge on any atom is 0.317 e. The van der Waals surface area contributed by atoms with Crippen LogP contribution >= 0.6 is 0 Å². The topological polar surface area (TPSA) is 46.6 Å². The molecule has 1 fully saturated rings.